The van der Waals surface area contributed by atoms with Crippen LogP contribution in [-0.2, 0) is 5.41 Å². The molecule has 27 heavy (non-hydrogen) atoms. The highest BCUT2D eigenvalue weighted by atomic mass is 16.4. The maximum absolute atomic E-state index is 12.7. The van der Waals surface area contributed by atoms with E-state index in [1.54, 1.807) is 0 Å². The lowest BCUT2D eigenvalue weighted by Crippen LogP contribution is -2.36. The number of amides is 1. The van der Waals surface area contributed by atoms with Crippen molar-refractivity contribution in [1.82, 2.24) is 10.6 Å². The lowest BCUT2D eigenvalue weighted by atomic mass is 9.95. The molecule has 0 radical (unpaired) electrons. The zero-order valence-electron chi connectivity index (χ0n) is 15.7. The lowest BCUT2D eigenvalue weighted by molar-refractivity contribution is 0.0944. The van der Waals surface area contributed by atoms with Crippen molar-refractivity contribution in [1.29, 1.82) is 0 Å². The second kappa shape index (κ2) is 7.31. The highest BCUT2D eigenvalue weighted by molar-refractivity contribution is 5.95. The third kappa shape index (κ3) is 3.69. The van der Waals surface area contributed by atoms with Gasteiger partial charge in [-0.3, -0.25) is 4.79 Å². The molecule has 0 spiro atoms. The van der Waals surface area contributed by atoms with Gasteiger partial charge in [0, 0.05) is 24.4 Å². The number of hydrogen-bond acceptors (Lipinski definition) is 4. The number of carbonyl (C=O) groups excluding carboxylic acids is 1. The summed E-state index contributed by atoms with van der Waals surface area (Å²) in [6.45, 7) is 4.18. The van der Waals surface area contributed by atoms with Crippen molar-refractivity contribution in [3.8, 4) is 0 Å². The zero-order chi connectivity index (χ0) is 18.9. The zero-order valence-corrected chi connectivity index (χ0v) is 15.7. The van der Waals surface area contributed by atoms with E-state index in [1.807, 2.05) is 31.2 Å². The molecule has 2 aromatic rings. The molecule has 1 atom stereocenters. The number of hydrogen-bond donors (Lipinski definition) is 2. The van der Waals surface area contributed by atoms with E-state index < -0.39 is 5.63 Å². The molecule has 142 valence electrons. The topological polar surface area (TPSA) is 71.3 Å². The molecule has 5 nitrogen and oxygen atoms in total. The standard InChI is InChI=1S/C22H26N2O3/c1-15-12-18(16-6-5-11-23-13-16)27-21(26)19(15)20(25)24-14-22(9-10-22)17-7-3-2-4-8-17/h2-4,7-8,12,16,23H,5-6,9-11,13-14H2,1H3,(H,24,25). The van der Waals surface area contributed by atoms with Crippen LogP contribution in [0, 0.1) is 6.92 Å². The van der Waals surface area contributed by atoms with Gasteiger partial charge < -0.3 is 15.1 Å². The number of benzene rings is 1. The number of nitrogens with one attached hydrogen (secondary N) is 2. The molecule has 1 aliphatic carbocycles. The van der Waals surface area contributed by atoms with Crippen molar-refractivity contribution in [2.45, 2.75) is 43.9 Å². The summed E-state index contributed by atoms with van der Waals surface area (Å²) in [6.07, 6.45) is 4.18. The number of carbonyl (C=O) groups is 1. The maximum atomic E-state index is 12.7. The van der Waals surface area contributed by atoms with Crippen molar-refractivity contribution in [2.75, 3.05) is 19.6 Å². The first-order valence-corrected chi connectivity index (χ1v) is 9.78. The SMILES string of the molecule is Cc1cc(C2CCCNC2)oc(=O)c1C(=O)NCC1(c2ccccc2)CC1. The predicted molar refractivity (Wildman–Crippen MR) is 104 cm³/mol. The van der Waals surface area contributed by atoms with E-state index in [2.05, 4.69) is 22.8 Å². The van der Waals surface area contributed by atoms with Gasteiger partial charge in [-0.1, -0.05) is 30.3 Å². The average molecular weight is 366 g/mol. The number of rotatable bonds is 5. The molecule has 2 heterocycles. The van der Waals surface area contributed by atoms with Gasteiger partial charge in [0.05, 0.1) is 0 Å². The Balaban J connectivity index is 1.48. The summed E-state index contributed by atoms with van der Waals surface area (Å²) >= 11 is 0. The summed E-state index contributed by atoms with van der Waals surface area (Å²) in [7, 11) is 0. The Bertz CT molecular complexity index is 878. The minimum absolute atomic E-state index is 0.0126. The van der Waals surface area contributed by atoms with Gasteiger partial charge in [0.1, 0.15) is 11.3 Å². The van der Waals surface area contributed by atoms with Gasteiger partial charge in [-0.2, -0.15) is 0 Å². The fourth-order valence-electron chi connectivity index (χ4n) is 4.05. The maximum Gasteiger partial charge on any atom is 0.349 e. The van der Waals surface area contributed by atoms with E-state index in [9.17, 15) is 9.59 Å². The van der Waals surface area contributed by atoms with Crippen LogP contribution in [0.4, 0.5) is 0 Å². The van der Waals surface area contributed by atoms with Crippen molar-refractivity contribution in [2.24, 2.45) is 0 Å². The Morgan fingerprint density at radius 3 is 2.70 bits per heavy atom. The van der Waals surface area contributed by atoms with Gasteiger partial charge in [0.25, 0.3) is 5.91 Å². The van der Waals surface area contributed by atoms with Crippen LogP contribution >= 0.6 is 0 Å². The highest BCUT2D eigenvalue weighted by Crippen LogP contribution is 2.47. The highest BCUT2D eigenvalue weighted by Gasteiger charge is 2.44. The van der Waals surface area contributed by atoms with Gasteiger partial charge in [0.2, 0.25) is 0 Å². The first kappa shape index (κ1) is 18.0. The van der Waals surface area contributed by atoms with E-state index in [-0.39, 0.29) is 22.8 Å². The van der Waals surface area contributed by atoms with Crippen LogP contribution in [0.1, 0.15) is 58.8 Å². The Morgan fingerprint density at radius 1 is 1.30 bits per heavy atom. The van der Waals surface area contributed by atoms with Crippen molar-refractivity contribution in [3.63, 3.8) is 0 Å². The van der Waals surface area contributed by atoms with E-state index in [4.69, 9.17) is 4.42 Å². The van der Waals surface area contributed by atoms with Crippen LogP contribution in [0.2, 0.25) is 0 Å². The summed E-state index contributed by atoms with van der Waals surface area (Å²) < 4.78 is 5.53. The molecular weight excluding hydrogens is 340 g/mol. The third-order valence-electron chi connectivity index (χ3n) is 5.92. The Kier molecular flexibility index (Phi) is 4.87. The van der Waals surface area contributed by atoms with Gasteiger partial charge in [0.15, 0.2) is 0 Å². The average Bonchev–Trinajstić information content (AvgIpc) is 3.48. The number of aryl methyl sites for hydroxylation is 1. The second-order valence-electron chi connectivity index (χ2n) is 7.87. The molecule has 1 aromatic heterocycles. The largest absolute Gasteiger partial charge is 0.427 e. The molecule has 1 saturated heterocycles. The predicted octanol–water partition coefficient (Wildman–Crippen LogP) is 2.88. The summed E-state index contributed by atoms with van der Waals surface area (Å²) in [5.74, 6) is 0.552. The molecule has 1 amide bonds. The monoisotopic (exact) mass is 366 g/mol. The van der Waals surface area contributed by atoms with E-state index in [1.165, 1.54) is 5.56 Å². The normalized spacial score (nSPS) is 20.9. The van der Waals surface area contributed by atoms with Crippen LogP contribution in [0.3, 0.4) is 0 Å². The molecule has 0 bridgehead atoms. The molecule has 5 heteroatoms. The lowest BCUT2D eigenvalue weighted by Gasteiger charge is -2.22. The van der Waals surface area contributed by atoms with Crippen LogP contribution in [0.5, 0.6) is 0 Å². The summed E-state index contributed by atoms with van der Waals surface area (Å²) in [5.41, 5.74) is 1.55. The molecule has 1 aliphatic heterocycles. The van der Waals surface area contributed by atoms with Crippen molar-refractivity contribution < 1.29 is 9.21 Å². The quantitative estimate of drug-likeness (QED) is 0.854. The van der Waals surface area contributed by atoms with Crippen LogP contribution in [0.15, 0.2) is 45.6 Å². The minimum Gasteiger partial charge on any atom is -0.427 e. The molecule has 1 unspecified atom stereocenters. The van der Waals surface area contributed by atoms with Crippen LogP contribution in [0.25, 0.3) is 0 Å². The summed E-state index contributed by atoms with van der Waals surface area (Å²) in [4.78, 5) is 25.2. The van der Waals surface area contributed by atoms with Gasteiger partial charge in [-0.05, 0) is 56.3 Å². The van der Waals surface area contributed by atoms with Crippen molar-refractivity contribution in [3.05, 3.63) is 69.3 Å². The second-order valence-corrected chi connectivity index (χ2v) is 7.87. The molecular formula is C22H26N2O3. The van der Waals surface area contributed by atoms with Crippen LogP contribution in [-0.4, -0.2) is 25.5 Å². The van der Waals surface area contributed by atoms with E-state index in [0.29, 0.717) is 17.9 Å². The summed E-state index contributed by atoms with van der Waals surface area (Å²) in [6, 6.07) is 12.1. The van der Waals surface area contributed by atoms with Crippen LogP contribution < -0.4 is 16.3 Å². The molecule has 1 aromatic carbocycles. The van der Waals surface area contributed by atoms with Gasteiger partial charge >= 0.3 is 5.63 Å². The van der Waals surface area contributed by atoms with E-state index >= 15 is 0 Å². The molecule has 1 saturated carbocycles. The van der Waals surface area contributed by atoms with Gasteiger partial charge in [-0.25, -0.2) is 4.79 Å². The third-order valence-corrected chi connectivity index (χ3v) is 5.92. The first-order chi connectivity index (χ1) is 13.1. The molecule has 2 fully saturated rings. The smallest absolute Gasteiger partial charge is 0.349 e. The minimum atomic E-state index is -0.530. The van der Waals surface area contributed by atoms with E-state index in [0.717, 1.165) is 38.8 Å². The van der Waals surface area contributed by atoms with Gasteiger partial charge in [-0.15, -0.1) is 0 Å². The first-order valence-electron chi connectivity index (χ1n) is 9.78. The Morgan fingerprint density at radius 2 is 2.07 bits per heavy atom. The fourth-order valence-corrected chi connectivity index (χ4v) is 4.05. The Labute approximate surface area is 159 Å². The van der Waals surface area contributed by atoms with Crippen molar-refractivity contribution >= 4 is 5.91 Å². The summed E-state index contributed by atoms with van der Waals surface area (Å²) in [5, 5.41) is 6.30. The fraction of sp³-hybridized carbons (Fsp3) is 0.455. The molecule has 2 aliphatic rings. The Hall–Kier alpha value is -2.40. The number of piperidine rings is 1. The molecule has 4 rings (SSSR count). The molecule has 2 N–H and O–H groups in total.